The fourth-order valence-electron chi connectivity index (χ4n) is 2.12. The highest BCUT2D eigenvalue weighted by atomic mass is 32.2. The third-order valence-corrected chi connectivity index (χ3v) is 4.37. The number of nitrogens with zero attached hydrogens (tertiary/aromatic N) is 1. The Kier molecular flexibility index (Phi) is 7.99. The van der Waals surface area contributed by atoms with E-state index in [2.05, 4.69) is 49.9 Å². The normalized spacial score (nSPS) is 10.6. The first-order valence-electron chi connectivity index (χ1n) is 7.30. The van der Waals surface area contributed by atoms with Gasteiger partial charge in [0.2, 0.25) is 0 Å². The lowest BCUT2D eigenvalue weighted by molar-refractivity contribution is 0.706. The number of unbranched alkanes of at least 4 members (excludes halogenated alkanes) is 3. The molecule has 0 unspecified atom stereocenters. The van der Waals surface area contributed by atoms with E-state index in [1.807, 2.05) is 11.8 Å². The first kappa shape index (κ1) is 15.4. The molecule has 0 aromatic heterocycles. The number of anilines is 1. The van der Waals surface area contributed by atoms with Gasteiger partial charge in [0.15, 0.2) is 0 Å². The third kappa shape index (κ3) is 4.93. The van der Waals surface area contributed by atoms with E-state index in [0.717, 1.165) is 13.1 Å². The van der Waals surface area contributed by atoms with E-state index >= 15 is 0 Å². The molecule has 102 valence electrons. The van der Waals surface area contributed by atoms with E-state index in [-0.39, 0.29) is 0 Å². The van der Waals surface area contributed by atoms with Gasteiger partial charge in [0.05, 0.1) is 5.69 Å². The summed E-state index contributed by atoms with van der Waals surface area (Å²) in [7, 11) is 0. The molecular formula is C16H27NS. The average molecular weight is 265 g/mol. The first-order chi connectivity index (χ1) is 8.83. The zero-order chi connectivity index (χ0) is 13.2. The number of thioether (sulfide) groups is 1. The summed E-state index contributed by atoms with van der Waals surface area (Å²) in [6.07, 6.45) is 5.40. The Morgan fingerprint density at radius 2 is 1.67 bits per heavy atom. The molecule has 0 bridgehead atoms. The summed E-state index contributed by atoms with van der Waals surface area (Å²) in [6, 6.07) is 8.82. The Hall–Kier alpha value is -0.630. The van der Waals surface area contributed by atoms with Crippen molar-refractivity contribution in [3.8, 4) is 0 Å². The highest BCUT2D eigenvalue weighted by Gasteiger charge is 2.07. The van der Waals surface area contributed by atoms with Crippen LogP contribution in [0.5, 0.6) is 0 Å². The Morgan fingerprint density at radius 3 is 2.33 bits per heavy atom. The molecular weight excluding hydrogens is 238 g/mol. The van der Waals surface area contributed by atoms with Gasteiger partial charge in [-0.2, -0.15) is 0 Å². The molecule has 1 aromatic carbocycles. The molecule has 0 saturated heterocycles. The summed E-state index contributed by atoms with van der Waals surface area (Å²) < 4.78 is 0. The van der Waals surface area contributed by atoms with E-state index in [1.54, 1.807) is 0 Å². The highest BCUT2D eigenvalue weighted by Crippen LogP contribution is 2.30. The second-order valence-corrected chi connectivity index (χ2v) is 5.69. The molecule has 0 aliphatic heterocycles. The second-order valence-electron chi connectivity index (χ2n) is 4.55. The van der Waals surface area contributed by atoms with Crippen molar-refractivity contribution in [2.24, 2.45) is 0 Å². The second kappa shape index (κ2) is 9.32. The van der Waals surface area contributed by atoms with Crippen LogP contribution in [-0.2, 0) is 0 Å². The van der Waals surface area contributed by atoms with Crippen LogP contribution < -0.4 is 4.90 Å². The van der Waals surface area contributed by atoms with Crippen LogP contribution in [-0.4, -0.2) is 18.8 Å². The summed E-state index contributed by atoms with van der Waals surface area (Å²) in [4.78, 5) is 3.88. The molecule has 0 aliphatic rings. The van der Waals surface area contributed by atoms with Crippen LogP contribution in [0.1, 0.15) is 46.5 Å². The average Bonchev–Trinajstić information content (AvgIpc) is 2.41. The Bertz CT molecular complexity index is 321. The van der Waals surface area contributed by atoms with Crippen LogP contribution in [0, 0.1) is 0 Å². The van der Waals surface area contributed by atoms with Gasteiger partial charge >= 0.3 is 0 Å². The molecule has 0 atom stereocenters. The molecule has 0 radical (unpaired) electrons. The molecule has 1 rings (SSSR count). The number of hydrogen-bond donors (Lipinski definition) is 0. The third-order valence-electron chi connectivity index (χ3n) is 3.22. The van der Waals surface area contributed by atoms with Crippen LogP contribution >= 0.6 is 11.8 Å². The predicted molar refractivity (Wildman–Crippen MR) is 84.9 cm³/mol. The van der Waals surface area contributed by atoms with Gasteiger partial charge in [-0.1, -0.05) is 38.3 Å². The summed E-state index contributed by atoms with van der Waals surface area (Å²) in [6.45, 7) is 8.90. The predicted octanol–water partition coefficient (Wildman–Crippen LogP) is 5.21. The zero-order valence-electron chi connectivity index (χ0n) is 12.1. The van der Waals surface area contributed by atoms with Gasteiger partial charge in [-0.15, -0.1) is 11.8 Å². The minimum absolute atomic E-state index is 1.09. The molecule has 0 heterocycles. The molecule has 0 fully saturated rings. The summed E-state index contributed by atoms with van der Waals surface area (Å²) in [5, 5.41) is 0. The van der Waals surface area contributed by atoms with Gasteiger partial charge in [-0.05, 0) is 38.2 Å². The molecule has 1 aromatic rings. The van der Waals surface area contributed by atoms with E-state index in [1.165, 1.54) is 42.0 Å². The monoisotopic (exact) mass is 265 g/mol. The minimum atomic E-state index is 1.09. The van der Waals surface area contributed by atoms with Gasteiger partial charge in [0.25, 0.3) is 0 Å². The molecule has 0 saturated carbocycles. The van der Waals surface area contributed by atoms with Gasteiger partial charge in [-0.3, -0.25) is 0 Å². The van der Waals surface area contributed by atoms with Crippen molar-refractivity contribution in [1.29, 1.82) is 0 Å². The van der Waals surface area contributed by atoms with Crippen LogP contribution in [0.4, 0.5) is 5.69 Å². The molecule has 2 heteroatoms. The quantitative estimate of drug-likeness (QED) is 0.445. The lowest BCUT2D eigenvalue weighted by Gasteiger charge is -2.23. The molecule has 0 N–H and O–H groups in total. The van der Waals surface area contributed by atoms with Crippen LogP contribution in [0.2, 0.25) is 0 Å². The van der Waals surface area contributed by atoms with Crippen molar-refractivity contribution in [2.75, 3.05) is 23.7 Å². The number of hydrogen-bond acceptors (Lipinski definition) is 2. The molecule has 0 aliphatic carbocycles. The highest BCUT2D eigenvalue weighted by molar-refractivity contribution is 7.99. The van der Waals surface area contributed by atoms with Crippen molar-refractivity contribution in [1.82, 2.24) is 0 Å². The minimum Gasteiger partial charge on any atom is -0.371 e. The maximum Gasteiger partial charge on any atom is 0.0504 e. The molecule has 0 amide bonds. The lowest BCUT2D eigenvalue weighted by atomic mass is 10.2. The van der Waals surface area contributed by atoms with Crippen LogP contribution in [0.15, 0.2) is 29.2 Å². The van der Waals surface area contributed by atoms with Crippen molar-refractivity contribution in [3.05, 3.63) is 24.3 Å². The van der Waals surface area contributed by atoms with Crippen LogP contribution in [0.3, 0.4) is 0 Å². The maximum atomic E-state index is 2.44. The standard InChI is InChI=1S/C16H27NS/c1-4-7-8-11-14-18-16-13-10-9-12-15(16)17(5-2)6-3/h9-10,12-13H,4-8,11,14H2,1-3H3. The molecule has 18 heavy (non-hydrogen) atoms. The Morgan fingerprint density at radius 1 is 0.944 bits per heavy atom. The summed E-state index contributed by atoms with van der Waals surface area (Å²) in [5.41, 5.74) is 1.41. The van der Waals surface area contributed by atoms with E-state index in [0.29, 0.717) is 0 Å². The van der Waals surface area contributed by atoms with Crippen molar-refractivity contribution >= 4 is 17.4 Å². The zero-order valence-corrected chi connectivity index (χ0v) is 12.9. The van der Waals surface area contributed by atoms with Crippen molar-refractivity contribution in [3.63, 3.8) is 0 Å². The summed E-state index contributed by atoms with van der Waals surface area (Å²) >= 11 is 2.01. The van der Waals surface area contributed by atoms with Gasteiger partial charge in [0, 0.05) is 18.0 Å². The smallest absolute Gasteiger partial charge is 0.0504 e. The van der Waals surface area contributed by atoms with Gasteiger partial charge in [-0.25, -0.2) is 0 Å². The van der Waals surface area contributed by atoms with Gasteiger partial charge < -0.3 is 4.90 Å². The Balaban J connectivity index is 2.53. The Labute approximate surface area is 117 Å². The number of benzene rings is 1. The van der Waals surface area contributed by atoms with Crippen LogP contribution in [0.25, 0.3) is 0 Å². The summed E-state index contributed by atoms with van der Waals surface area (Å²) in [5.74, 6) is 1.25. The fraction of sp³-hybridized carbons (Fsp3) is 0.625. The van der Waals surface area contributed by atoms with Gasteiger partial charge in [0.1, 0.15) is 0 Å². The topological polar surface area (TPSA) is 3.24 Å². The van der Waals surface area contributed by atoms with Crippen molar-refractivity contribution in [2.45, 2.75) is 51.3 Å². The van der Waals surface area contributed by atoms with E-state index in [9.17, 15) is 0 Å². The largest absolute Gasteiger partial charge is 0.371 e. The molecule has 1 nitrogen and oxygen atoms in total. The maximum absolute atomic E-state index is 2.44. The van der Waals surface area contributed by atoms with E-state index < -0.39 is 0 Å². The first-order valence-corrected chi connectivity index (χ1v) is 8.28. The number of rotatable bonds is 9. The van der Waals surface area contributed by atoms with Crippen molar-refractivity contribution < 1.29 is 0 Å². The number of para-hydroxylation sites is 1. The van der Waals surface area contributed by atoms with E-state index in [4.69, 9.17) is 0 Å². The fourth-order valence-corrected chi connectivity index (χ4v) is 3.20. The SMILES string of the molecule is CCCCCCSc1ccccc1N(CC)CC. The lowest BCUT2D eigenvalue weighted by Crippen LogP contribution is -2.22. The molecule has 0 spiro atoms.